The van der Waals surface area contributed by atoms with Crippen LogP contribution in [0, 0.1) is 0 Å². The average molecular weight is 360 g/mol. The summed E-state index contributed by atoms with van der Waals surface area (Å²) in [7, 11) is 1.52. The first kappa shape index (κ1) is 18.2. The number of amides is 2. The van der Waals surface area contributed by atoms with Crippen molar-refractivity contribution >= 4 is 17.8 Å². The predicted octanol–water partition coefficient (Wildman–Crippen LogP) is 1.81. The lowest BCUT2D eigenvalue weighted by molar-refractivity contribution is -0.151. The Morgan fingerprint density at radius 2 is 1.96 bits per heavy atom. The zero-order chi connectivity index (χ0) is 18.7. The Labute approximate surface area is 152 Å². The molecule has 3 rings (SSSR count). The molecular weight excluding hydrogens is 336 g/mol. The molecule has 7 nitrogen and oxygen atoms in total. The summed E-state index contributed by atoms with van der Waals surface area (Å²) < 4.78 is 5.13. The van der Waals surface area contributed by atoms with Gasteiger partial charge >= 0.3 is 5.97 Å². The standard InChI is InChI=1S/C19H24N2O5/c1-26-14-7-4-5-12(11-14)17(22)20-15-8-3-2-6-13-9-10-16(19(24)25)21(13)18(15)23/h4-5,7,11,13,15-16H,2-3,6,8-10H2,1H3,(H,20,22)(H,24,25)/t13-,15-,16-/m0/s1. The van der Waals surface area contributed by atoms with Gasteiger partial charge in [0, 0.05) is 11.6 Å². The zero-order valence-electron chi connectivity index (χ0n) is 14.8. The number of carbonyl (C=O) groups is 3. The Hall–Kier alpha value is -2.57. The van der Waals surface area contributed by atoms with E-state index in [9.17, 15) is 19.5 Å². The van der Waals surface area contributed by atoms with Gasteiger partial charge in [-0.2, -0.15) is 0 Å². The van der Waals surface area contributed by atoms with Crippen molar-refractivity contribution in [2.24, 2.45) is 0 Å². The Morgan fingerprint density at radius 1 is 1.19 bits per heavy atom. The van der Waals surface area contributed by atoms with Crippen LogP contribution in [0.4, 0.5) is 0 Å². The molecule has 2 fully saturated rings. The highest BCUT2D eigenvalue weighted by Crippen LogP contribution is 2.31. The number of carbonyl (C=O) groups excluding carboxylic acids is 2. The lowest BCUT2D eigenvalue weighted by Crippen LogP contribution is -2.54. The van der Waals surface area contributed by atoms with Crippen molar-refractivity contribution in [3.05, 3.63) is 29.8 Å². The number of aliphatic carboxylic acids is 1. The lowest BCUT2D eigenvalue weighted by Gasteiger charge is -2.34. The van der Waals surface area contributed by atoms with Crippen LogP contribution in [0.2, 0.25) is 0 Å². The van der Waals surface area contributed by atoms with E-state index in [0.29, 0.717) is 30.6 Å². The Kier molecular flexibility index (Phi) is 5.44. The monoisotopic (exact) mass is 360 g/mol. The van der Waals surface area contributed by atoms with E-state index in [-0.39, 0.29) is 17.9 Å². The van der Waals surface area contributed by atoms with Crippen molar-refractivity contribution in [3.63, 3.8) is 0 Å². The Morgan fingerprint density at radius 3 is 2.69 bits per heavy atom. The highest BCUT2D eigenvalue weighted by molar-refractivity contribution is 5.98. The summed E-state index contributed by atoms with van der Waals surface area (Å²) in [4.78, 5) is 38.6. The fourth-order valence-corrected chi connectivity index (χ4v) is 3.91. The molecule has 2 heterocycles. The second-order valence-corrected chi connectivity index (χ2v) is 6.87. The van der Waals surface area contributed by atoms with Crippen LogP contribution in [0.15, 0.2) is 24.3 Å². The number of ether oxygens (including phenoxy) is 1. The van der Waals surface area contributed by atoms with Crippen molar-refractivity contribution in [3.8, 4) is 5.75 Å². The van der Waals surface area contributed by atoms with Gasteiger partial charge in [0.15, 0.2) is 0 Å². The highest BCUT2D eigenvalue weighted by Gasteiger charge is 2.43. The van der Waals surface area contributed by atoms with Crippen molar-refractivity contribution in [1.82, 2.24) is 10.2 Å². The first-order valence-electron chi connectivity index (χ1n) is 9.01. The van der Waals surface area contributed by atoms with Crippen molar-refractivity contribution in [2.45, 2.75) is 56.7 Å². The number of carboxylic acid groups (broad SMARTS) is 1. The number of carboxylic acids is 1. The van der Waals surface area contributed by atoms with Crippen LogP contribution in [-0.2, 0) is 9.59 Å². The van der Waals surface area contributed by atoms with E-state index >= 15 is 0 Å². The maximum atomic E-state index is 13.0. The maximum Gasteiger partial charge on any atom is 0.326 e. The summed E-state index contributed by atoms with van der Waals surface area (Å²) in [5, 5.41) is 12.2. The van der Waals surface area contributed by atoms with E-state index < -0.39 is 18.1 Å². The number of benzene rings is 1. The van der Waals surface area contributed by atoms with Crippen molar-refractivity contribution in [1.29, 1.82) is 0 Å². The molecule has 0 aromatic heterocycles. The lowest BCUT2D eigenvalue weighted by atomic mass is 9.98. The topological polar surface area (TPSA) is 95.9 Å². The normalized spacial score (nSPS) is 25.8. The molecular formula is C19H24N2O5. The maximum absolute atomic E-state index is 13.0. The summed E-state index contributed by atoms with van der Waals surface area (Å²) >= 11 is 0. The van der Waals surface area contributed by atoms with Gasteiger partial charge in [-0.25, -0.2) is 4.79 Å². The first-order valence-corrected chi connectivity index (χ1v) is 9.01. The molecule has 2 aliphatic heterocycles. The van der Waals surface area contributed by atoms with Gasteiger partial charge in [-0.3, -0.25) is 9.59 Å². The number of rotatable bonds is 4. The van der Waals surface area contributed by atoms with Crippen molar-refractivity contribution < 1.29 is 24.2 Å². The van der Waals surface area contributed by atoms with E-state index in [1.807, 2.05) is 0 Å². The summed E-state index contributed by atoms with van der Waals surface area (Å²) in [6.45, 7) is 0. The van der Waals surface area contributed by atoms with Crippen LogP contribution >= 0.6 is 0 Å². The predicted molar refractivity (Wildman–Crippen MR) is 94.0 cm³/mol. The number of hydrogen-bond acceptors (Lipinski definition) is 4. The average Bonchev–Trinajstić information content (AvgIpc) is 3.06. The van der Waals surface area contributed by atoms with Gasteiger partial charge in [-0.1, -0.05) is 18.9 Å². The van der Waals surface area contributed by atoms with Crippen LogP contribution in [-0.4, -0.2) is 53.0 Å². The van der Waals surface area contributed by atoms with E-state index in [4.69, 9.17) is 4.74 Å². The third-order valence-corrected chi connectivity index (χ3v) is 5.26. The second kappa shape index (κ2) is 7.76. The van der Waals surface area contributed by atoms with E-state index in [1.165, 1.54) is 12.0 Å². The number of nitrogens with one attached hydrogen (secondary N) is 1. The third-order valence-electron chi connectivity index (χ3n) is 5.26. The number of hydrogen-bond donors (Lipinski definition) is 2. The van der Waals surface area contributed by atoms with E-state index in [0.717, 1.165) is 19.3 Å². The number of methoxy groups -OCH3 is 1. The van der Waals surface area contributed by atoms with Crippen LogP contribution in [0.1, 0.15) is 48.9 Å². The van der Waals surface area contributed by atoms with Gasteiger partial charge in [-0.15, -0.1) is 0 Å². The Bertz CT molecular complexity index is 705. The minimum Gasteiger partial charge on any atom is -0.497 e. The molecule has 0 unspecified atom stereocenters. The minimum absolute atomic E-state index is 0.0416. The summed E-state index contributed by atoms with van der Waals surface area (Å²) in [5.41, 5.74) is 0.409. The molecule has 1 aromatic carbocycles. The molecule has 140 valence electrons. The van der Waals surface area contributed by atoms with Gasteiger partial charge in [0.25, 0.3) is 5.91 Å². The molecule has 0 radical (unpaired) electrons. The molecule has 1 aromatic rings. The van der Waals surface area contributed by atoms with Gasteiger partial charge in [-0.05, 0) is 43.9 Å². The van der Waals surface area contributed by atoms with Crippen LogP contribution in [0.25, 0.3) is 0 Å². The molecule has 2 amide bonds. The van der Waals surface area contributed by atoms with Gasteiger partial charge in [0.2, 0.25) is 5.91 Å². The molecule has 2 saturated heterocycles. The van der Waals surface area contributed by atoms with E-state index in [2.05, 4.69) is 5.32 Å². The number of nitrogens with zero attached hydrogens (tertiary/aromatic N) is 1. The summed E-state index contributed by atoms with van der Waals surface area (Å²) in [6.07, 6.45) is 4.28. The minimum atomic E-state index is -0.973. The largest absolute Gasteiger partial charge is 0.497 e. The molecule has 2 N–H and O–H groups in total. The Balaban J connectivity index is 1.78. The number of fused-ring (bicyclic) bond motifs is 1. The molecule has 0 aliphatic carbocycles. The SMILES string of the molecule is COc1cccc(C(=O)N[C@H]2CCCC[C@H]3CC[C@@H](C(=O)O)N3C2=O)c1. The molecule has 7 heteroatoms. The second-order valence-electron chi connectivity index (χ2n) is 6.87. The van der Waals surface area contributed by atoms with Crippen molar-refractivity contribution in [2.75, 3.05) is 7.11 Å². The molecule has 0 spiro atoms. The molecule has 3 atom stereocenters. The fourth-order valence-electron chi connectivity index (χ4n) is 3.91. The highest BCUT2D eigenvalue weighted by atomic mass is 16.5. The summed E-state index contributed by atoms with van der Waals surface area (Å²) in [6, 6.07) is 5.19. The molecule has 26 heavy (non-hydrogen) atoms. The van der Waals surface area contributed by atoms with Crippen LogP contribution in [0.3, 0.4) is 0 Å². The first-order chi connectivity index (χ1) is 12.5. The summed E-state index contributed by atoms with van der Waals surface area (Å²) in [5.74, 6) is -1.05. The zero-order valence-corrected chi connectivity index (χ0v) is 14.8. The van der Waals surface area contributed by atoms with Gasteiger partial charge < -0.3 is 20.1 Å². The quantitative estimate of drug-likeness (QED) is 0.854. The smallest absolute Gasteiger partial charge is 0.326 e. The third kappa shape index (κ3) is 3.66. The van der Waals surface area contributed by atoms with Gasteiger partial charge in [0.1, 0.15) is 17.8 Å². The van der Waals surface area contributed by atoms with Gasteiger partial charge in [0.05, 0.1) is 7.11 Å². The molecule has 0 bridgehead atoms. The van der Waals surface area contributed by atoms with E-state index in [1.54, 1.807) is 24.3 Å². The molecule has 2 aliphatic rings. The van der Waals surface area contributed by atoms with Crippen LogP contribution < -0.4 is 10.1 Å². The fraction of sp³-hybridized carbons (Fsp3) is 0.526. The van der Waals surface area contributed by atoms with Crippen LogP contribution in [0.5, 0.6) is 5.75 Å². The molecule has 0 saturated carbocycles.